The molecule has 0 spiro atoms. The number of hydrogen-bond donors (Lipinski definition) is 0. The molecule has 0 aromatic rings. The summed E-state index contributed by atoms with van der Waals surface area (Å²) in [6.45, 7) is 0. The summed E-state index contributed by atoms with van der Waals surface area (Å²) in [6, 6.07) is 0. The van der Waals surface area contributed by atoms with Crippen LogP contribution >= 0.6 is 0 Å². The number of nitrogens with zero attached hydrogens (tertiary/aromatic N) is 1. The SMILES string of the molecule is [B]=CN(C)C=[B]. The minimum absolute atomic E-state index is 1.38. The van der Waals surface area contributed by atoms with Gasteiger partial charge in [0.05, 0.1) is 0 Å². The van der Waals surface area contributed by atoms with Crippen molar-refractivity contribution in [3.8, 4) is 0 Å². The van der Waals surface area contributed by atoms with E-state index in [9.17, 15) is 0 Å². The second kappa shape index (κ2) is 2.88. The van der Waals surface area contributed by atoms with Crippen molar-refractivity contribution in [2.45, 2.75) is 0 Å². The summed E-state index contributed by atoms with van der Waals surface area (Å²) in [6.07, 6.45) is 2.75. The van der Waals surface area contributed by atoms with Gasteiger partial charge in [0.2, 0.25) is 0 Å². The summed E-state index contributed by atoms with van der Waals surface area (Å²) in [4.78, 5) is 1.56. The Hall–Kier alpha value is -0.330. The summed E-state index contributed by atoms with van der Waals surface area (Å²) in [5, 5.41) is 0. The van der Waals surface area contributed by atoms with Gasteiger partial charge in [-0.2, -0.15) is 0 Å². The van der Waals surface area contributed by atoms with Crippen LogP contribution in [0, 0.1) is 0 Å². The Morgan fingerprint density at radius 1 is 1.33 bits per heavy atom. The third-order valence-corrected chi connectivity index (χ3v) is 0.470. The van der Waals surface area contributed by atoms with Crippen LogP contribution in [0.25, 0.3) is 0 Å². The molecular formula is C3H5B2N. The van der Waals surface area contributed by atoms with Gasteiger partial charge in [-0.05, 0) is 0 Å². The zero-order valence-electron chi connectivity index (χ0n) is 3.76. The minimum atomic E-state index is 1.38. The molecule has 0 amide bonds. The maximum absolute atomic E-state index is 4.97. The van der Waals surface area contributed by atoms with E-state index in [2.05, 4.69) is 0 Å². The monoisotopic (exact) mass is 77.1 g/mol. The van der Waals surface area contributed by atoms with Crippen molar-refractivity contribution < 1.29 is 0 Å². The van der Waals surface area contributed by atoms with Gasteiger partial charge >= 0.3 is 39.1 Å². The van der Waals surface area contributed by atoms with Gasteiger partial charge in [-0.3, -0.25) is 0 Å². The molecule has 0 saturated carbocycles. The van der Waals surface area contributed by atoms with E-state index < -0.39 is 0 Å². The van der Waals surface area contributed by atoms with Crippen molar-refractivity contribution in [2.75, 3.05) is 7.05 Å². The zero-order chi connectivity index (χ0) is 4.99. The van der Waals surface area contributed by atoms with E-state index in [0.29, 0.717) is 0 Å². The molecule has 0 heterocycles. The van der Waals surface area contributed by atoms with Crippen molar-refractivity contribution in [3.05, 3.63) is 0 Å². The predicted octanol–water partition coefficient (Wildman–Crippen LogP) is -1.23. The molecule has 0 aromatic carbocycles. The second-order valence-electron chi connectivity index (χ2n) is 0.964. The van der Waals surface area contributed by atoms with Crippen LogP contribution in [0.4, 0.5) is 0 Å². The first kappa shape index (κ1) is 5.67. The fourth-order valence-corrected chi connectivity index (χ4v) is 0.0497. The standard InChI is InChI=1S/C3H5B2N/c1-6(2-4)3-5/h2-3H,1H3. The molecule has 0 aliphatic rings. The number of rotatable bonds is 2. The summed E-state index contributed by atoms with van der Waals surface area (Å²) in [5.74, 6) is 0. The molecule has 0 aromatic heterocycles. The molecule has 0 atom stereocenters. The van der Waals surface area contributed by atoms with Gasteiger partial charge in [0.15, 0.2) is 0 Å². The fraction of sp³-hybridized carbons (Fsp3) is 0.333. The molecule has 2 radical (unpaired) electrons. The van der Waals surface area contributed by atoms with Gasteiger partial charge in [0, 0.05) is 0 Å². The van der Waals surface area contributed by atoms with Crippen molar-refractivity contribution in [1.82, 2.24) is 4.90 Å². The molecule has 1 nitrogen and oxygen atoms in total. The molecule has 0 N–H and O–H groups in total. The van der Waals surface area contributed by atoms with Crippen molar-refractivity contribution >= 4 is 27.2 Å². The second-order valence-corrected chi connectivity index (χ2v) is 0.964. The molecule has 6 heavy (non-hydrogen) atoms. The topological polar surface area (TPSA) is 3.24 Å². The van der Waals surface area contributed by atoms with Crippen molar-refractivity contribution in [3.63, 3.8) is 0 Å². The quantitative estimate of drug-likeness (QED) is 0.373. The summed E-state index contributed by atoms with van der Waals surface area (Å²) in [7, 11) is 11.7. The Bertz CT molecular complexity index is 53.8. The van der Waals surface area contributed by atoms with E-state index in [-0.39, 0.29) is 0 Å². The van der Waals surface area contributed by atoms with Crippen LogP contribution in [0.1, 0.15) is 0 Å². The molecule has 0 unspecified atom stereocenters. The van der Waals surface area contributed by atoms with E-state index in [4.69, 9.17) is 15.0 Å². The molecule has 0 saturated heterocycles. The Kier molecular flexibility index (Phi) is 2.73. The summed E-state index contributed by atoms with van der Waals surface area (Å²) in [5.41, 5.74) is 0. The molecule has 0 aliphatic carbocycles. The molecular weight excluding hydrogens is 71.7 g/mol. The summed E-state index contributed by atoms with van der Waals surface area (Å²) < 4.78 is 0. The van der Waals surface area contributed by atoms with Gasteiger partial charge < -0.3 is 0 Å². The Balaban J connectivity index is 3.21. The predicted molar refractivity (Wildman–Crippen MR) is 31.4 cm³/mol. The van der Waals surface area contributed by atoms with Gasteiger partial charge in [-0.15, -0.1) is 0 Å². The first-order chi connectivity index (χ1) is 2.81. The van der Waals surface area contributed by atoms with Crippen LogP contribution in [0.15, 0.2) is 0 Å². The van der Waals surface area contributed by atoms with Gasteiger partial charge in [0.25, 0.3) is 0 Å². The first-order valence-corrected chi connectivity index (χ1v) is 1.63. The van der Waals surface area contributed by atoms with Gasteiger partial charge in [-0.1, -0.05) is 0 Å². The molecule has 0 aliphatic heterocycles. The molecule has 0 bridgehead atoms. The first-order valence-electron chi connectivity index (χ1n) is 1.63. The van der Waals surface area contributed by atoms with Gasteiger partial charge in [0.1, 0.15) is 0 Å². The van der Waals surface area contributed by atoms with Crippen LogP contribution in [0.3, 0.4) is 0 Å². The van der Waals surface area contributed by atoms with Crippen molar-refractivity contribution in [1.29, 1.82) is 0 Å². The Morgan fingerprint density at radius 2 is 1.67 bits per heavy atom. The third-order valence-electron chi connectivity index (χ3n) is 0.470. The fourth-order valence-electron chi connectivity index (χ4n) is 0.0497. The van der Waals surface area contributed by atoms with Crippen molar-refractivity contribution in [2.24, 2.45) is 0 Å². The van der Waals surface area contributed by atoms with E-state index in [0.717, 1.165) is 0 Å². The molecule has 3 heteroatoms. The average molecular weight is 76.7 g/mol. The van der Waals surface area contributed by atoms with Crippen LogP contribution in [-0.4, -0.2) is 39.1 Å². The average Bonchev–Trinajstić information content (AvgIpc) is 1.65. The molecule has 0 fully saturated rings. The summed E-state index contributed by atoms with van der Waals surface area (Å²) >= 11 is 0. The van der Waals surface area contributed by atoms with Crippen LogP contribution in [-0.2, 0) is 0 Å². The molecule has 28 valence electrons. The Labute approximate surface area is 40.1 Å². The third kappa shape index (κ3) is 1.94. The maximum atomic E-state index is 4.97. The van der Waals surface area contributed by atoms with E-state index in [1.54, 1.807) is 11.9 Å². The van der Waals surface area contributed by atoms with E-state index in [1.165, 1.54) is 12.2 Å². The zero-order valence-corrected chi connectivity index (χ0v) is 3.76. The Morgan fingerprint density at radius 3 is 1.67 bits per heavy atom. The van der Waals surface area contributed by atoms with Gasteiger partial charge in [-0.25, -0.2) is 0 Å². The molecule has 0 rings (SSSR count). The van der Waals surface area contributed by atoms with Crippen LogP contribution in [0.2, 0.25) is 0 Å². The van der Waals surface area contributed by atoms with Crippen LogP contribution in [0.5, 0.6) is 0 Å². The number of hydrogen-bond acceptors (Lipinski definition) is 1. The van der Waals surface area contributed by atoms with E-state index >= 15 is 0 Å². The normalized spacial score (nSPS) is 6.50. The van der Waals surface area contributed by atoms with Crippen LogP contribution < -0.4 is 0 Å². The van der Waals surface area contributed by atoms with E-state index in [1.807, 2.05) is 0 Å².